The maximum atomic E-state index is 11.9. The summed E-state index contributed by atoms with van der Waals surface area (Å²) in [6.07, 6.45) is 0. The number of hydrogen-bond donors (Lipinski definition) is 0. The molecule has 1 heterocycles. The van der Waals surface area contributed by atoms with E-state index >= 15 is 0 Å². The third kappa shape index (κ3) is 1.56. The minimum Gasteiger partial charge on any atom is -0.282 e. The van der Waals surface area contributed by atoms with E-state index in [2.05, 4.69) is 0 Å². The van der Waals surface area contributed by atoms with Gasteiger partial charge in [0.05, 0.1) is 5.41 Å². The Morgan fingerprint density at radius 3 is 2.14 bits per heavy atom. The van der Waals surface area contributed by atoms with Crippen molar-refractivity contribution in [2.75, 3.05) is 6.54 Å². The second-order valence-corrected chi connectivity index (χ2v) is 5.09. The van der Waals surface area contributed by atoms with Gasteiger partial charge in [-0.25, -0.2) is 0 Å². The Hall–Kier alpha value is -0.860. The van der Waals surface area contributed by atoms with Crippen molar-refractivity contribution >= 4 is 11.8 Å². The van der Waals surface area contributed by atoms with Crippen molar-refractivity contribution in [1.82, 2.24) is 4.90 Å². The van der Waals surface area contributed by atoms with Crippen LogP contribution in [0.5, 0.6) is 0 Å². The summed E-state index contributed by atoms with van der Waals surface area (Å²) in [4.78, 5) is 25.1. The molecule has 1 aliphatic heterocycles. The molecule has 0 aliphatic carbocycles. The smallest absolute Gasteiger partial charge is 0.235 e. The third-order valence-corrected chi connectivity index (χ3v) is 3.06. The van der Waals surface area contributed by atoms with Crippen LogP contribution in [0.1, 0.15) is 34.6 Å². The zero-order chi connectivity index (χ0) is 11.1. The molecule has 1 unspecified atom stereocenters. The van der Waals surface area contributed by atoms with Gasteiger partial charge in [-0.05, 0) is 5.92 Å². The van der Waals surface area contributed by atoms with E-state index in [9.17, 15) is 9.59 Å². The molecule has 3 heteroatoms. The van der Waals surface area contributed by atoms with E-state index in [1.807, 2.05) is 34.6 Å². The van der Waals surface area contributed by atoms with Gasteiger partial charge in [0.25, 0.3) is 0 Å². The van der Waals surface area contributed by atoms with Gasteiger partial charge in [0.1, 0.15) is 0 Å². The van der Waals surface area contributed by atoms with Crippen LogP contribution in [0.3, 0.4) is 0 Å². The molecule has 1 aliphatic rings. The lowest BCUT2D eigenvalue weighted by atomic mass is 9.82. The van der Waals surface area contributed by atoms with Gasteiger partial charge in [-0.2, -0.15) is 0 Å². The standard InChI is InChI=1S/C11H19NO2/c1-7(2)6-12-9(13)8(3)11(4,5)10(12)14/h7-8H,6H2,1-5H3. The Balaban J connectivity index is 2.91. The minimum atomic E-state index is -0.522. The minimum absolute atomic E-state index is 0.0197. The molecule has 0 saturated carbocycles. The fraction of sp³-hybridized carbons (Fsp3) is 0.818. The lowest BCUT2D eigenvalue weighted by Gasteiger charge is -2.19. The Bertz CT molecular complexity index is 268. The van der Waals surface area contributed by atoms with E-state index in [-0.39, 0.29) is 17.7 Å². The lowest BCUT2D eigenvalue weighted by Crippen LogP contribution is -2.35. The SMILES string of the molecule is CC(C)CN1C(=O)C(C)C(C)(C)C1=O. The van der Waals surface area contributed by atoms with E-state index < -0.39 is 5.41 Å². The van der Waals surface area contributed by atoms with Gasteiger partial charge in [0.15, 0.2) is 0 Å². The van der Waals surface area contributed by atoms with Crippen LogP contribution in [0.15, 0.2) is 0 Å². The molecular formula is C11H19NO2. The number of carbonyl (C=O) groups excluding carboxylic acids is 2. The van der Waals surface area contributed by atoms with Crippen LogP contribution in [-0.4, -0.2) is 23.3 Å². The van der Waals surface area contributed by atoms with Crippen LogP contribution in [0.4, 0.5) is 0 Å². The predicted octanol–water partition coefficient (Wildman–Crippen LogP) is 1.67. The zero-order valence-corrected chi connectivity index (χ0v) is 9.63. The Kier molecular flexibility index (Phi) is 2.70. The summed E-state index contributed by atoms with van der Waals surface area (Å²) in [7, 11) is 0. The molecular weight excluding hydrogens is 178 g/mol. The fourth-order valence-electron chi connectivity index (χ4n) is 1.71. The van der Waals surface area contributed by atoms with Crippen molar-refractivity contribution in [3.8, 4) is 0 Å². The maximum Gasteiger partial charge on any atom is 0.235 e. The summed E-state index contributed by atoms with van der Waals surface area (Å²) < 4.78 is 0. The summed E-state index contributed by atoms with van der Waals surface area (Å²) in [6.45, 7) is 10.1. The van der Waals surface area contributed by atoms with Gasteiger partial charge in [-0.1, -0.05) is 34.6 Å². The van der Waals surface area contributed by atoms with Crippen molar-refractivity contribution < 1.29 is 9.59 Å². The van der Waals surface area contributed by atoms with Crippen molar-refractivity contribution in [3.63, 3.8) is 0 Å². The number of rotatable bonds is 2. The molecule has 0 aromatic rings. The number of amides is 2. The number of imide groups is 1. The van der Waals surface area contributed by atoms with Crippen molar-refractivity contribution in [1.29, 1.82) is 0 Å². The first-order chi connectivity index (χ1) is 6.28. The van der Waals surface area contributed by atoms with Gasteiger partial charge in [-0.3, -0.25) is 14.5 Å². The molecule has 1 atom stereocenters. The average Bonchev–Trinajstić information content (AvgIpc) is 2.20. The molecule has 3 nitrogen and oxygen atoms in total. The highest BCUT2D eigenvalue weighted by atomic mass is 16.2. The van der Waals surface area contributed by atoms with E-state index in [0.29, 0.717) is 12.5 Å². The maximum absolute atomic E-state index is 11.9. The fourth-order valence-corrected chi connectivity index (χ4v) is 1.71. The van der Waals surface area contributed by atoms with Gasteiger partial charge in [0, 0.05) is 12.5 Å². The highest BCUT2D eigenvalue weighted by Crippen LogP contribution is 2.37. The summed E-state index contributed by atoms with van der Waals surface area (Å²) in [5.41, 5.74) is -0.522. The first-order valence-corrected chi connectivity index (χ1v) is 5.14. The van der Waals surface area contributed by atoms with Gasteiger partial charge in [-0.15, -0.1) is 0 Å². The number of likely N-dealkylation sites (tertiary alicyclic amines) is 1. The first-order valence-electron chi connectivity index (χ1n) is 5.14. The van der Waals surface area contributed by atoms with Crippen LogP contribution >= 0.6 is 0 Å². The molecule has 0 aromatic heterocycles. The molecule has 14 heavy (non-hydrogen) atoms. The molecule has 0 bridgehead atoms. The second-order valence-electron chi connectivity index (χ2n) is 5.09. The molecule has 0 spiro atoms. The lowest BCUT2D eigenvalue weighted by molar-refractivity contribution is -0.141. The largest absolute Gasteiger partial charge is 0.282 e. The van der Waals surface area contributed by atoms with E-state index in [1.54, 1.807) is 0 Å². The van der Waals surface area contributed by atoms with Crippen LogP contribution in [0, 0.1) is 17.3 Å². The van der Waals surface area contributed by atoms with Gasteiger partial charge < -0.3 is 0 Å². The zero-order valence-electron chi connectivity index (χ0n) is 9.63. The normalized spacial score (nSPS) is 26.4. The average molecular weight is 197 g/mol. The van der Waals surface area contributed by atoms with E-state index in [4.69, 9.17) is 0 Å². The Morgan fingerprint density at radius 2 is 1.86 bits per heavy atom. The molecule has 2 amide bonds. The first kappa shape index (κ1) is 11.2. The summed E-state index contributed by atoms with van der Waals surface area (Å²) >= 11 is 0. The molecule has 0 N–H and O–H groups in total. The number of hydrogen-bond acceptors (Lipinski definition) is 2. The summed E-state index contributed by atoms with van der Waals surface area (Å²) in [6, 6.07) is 0. The van der Waals surface area contributed by atoms with Crippen LogP contribution in [0.25, 0.3) is 0 Å². The van der Waals surface area contributed by atoms with E-state index in [1.165, 1.54) is 4.90 Å². The molecule has 1 fully saturated rings. The number of nitrogens with zero attached hydrogens (tertiary/aromatic N) is 1. The Labute approximate surface area is 85.5 Å². The van der Waals surface area contributed by atoms with E-state index in [0.717, 1.165) is 0 Å². The van der Waals surface area contributed by atoms with Crippen molar-refractivity contribution in [2.24, 2.45) is 17.3 Å². The monoisotopic (exact) mass is 197 g/mol. The molecule has 1 rings (SSSR count). The second kappa shape index (κ2) is 3.37. The van der Waals surface area contributed by atoms with Gasteiger partial charge in [0.2, 0.25) is 11.8 Å². The molecule has 0 aromatic carbocycles. The molecule has 0 radical (unpaired) electrons. The van der Waals surface area contributed by atoms with Crippen molar-refractivity contribution in [3.05, 3.63) is 0 Å². The Morgan fingerprint density at radius 1 is 1.36 bits per heavy atom. The highest BCUT2D eigenvalue weighted by Gasteiger charge is 2.50. The molecule has 80 valence electrons. The third-order valence-electron chi connectivity index (χ3n) is 3.06. The van der Waals surface area contributed by atoms with Crippen molar-refractivity contribution in [2.45, 2.75) is 34.6 Å². The number of carbonyl (C=O) groups is 2. The topological polar surface area (TPSA) is 37.4 Å². The summed E-state index contributed by atoms with van der Waals surface area (Å²) in [5, 5.41) is 0. The quantitative estimate of drug-likeness (QED) is 0.631. The van der Waals surface area contributed by atoms with Crippen LogP contribution in [0.2, 0.25) is 0 Å². The molecule has 1 saturated heterocycles. The highest BCUT2D eigenvalue weighted by molar-refractivity contribution is 6.06. The predicted molar refractivity (Wildman–Crippen MR) is 54.5 cm³/mol. The van der Waals surface area contributed by atoms with Crippen LogP contribution in [-0.2, 0) is 9.59 Å². The van der Waals surface area contributed by atoms with Crippen LogP contribution < -0.4 is 0 Å². The summed E-state index contributed by atoms with van der Waals surface area (Å²) in [5.74, 6) is 0.107. The van der Waals surface area contributed by atoms with Gasteiger partial charge >= 0.3 is 0 Å².